The zero-order chi connectivity index (χ0) is 30.7. The molecule has 0 spiro atoms. The largest absolute Gasteiger partial charge is 0.467 e. The molecule has 2 fully saturated rings. The number of rotatable bonds is 9. The highest BCUT2D eigenvalue weighted by Crippen LogP contribution is 2.43. The Hall–Kier alpha value is -4.62. The smallest absolute Gasteiger partial charge is 0.317 e. The Balaban J connectivity index is 1.32. The maximum atomic E-state index is 14.5. The van der Waals surface area contributed by atoms with Crippen molar-refractivity contribution in [2.45, 2.75) is 44.9 Å². The van der Waals surface area contributed by atoms with Crippen molar-refractivity contribution < 1.29 is 23.4 Å². The lowest BCUT2D eigenvalue weighted by Crippen LogP contribution is -2.28. The van der Waals surface area contributed by atoms with E-state index in [1.165, 1.54) is 6.20 Å². The van der Waals surface area contributed by atoms with Gasteiger partial charge in [0, 0.05) is 44.1 Å². The molecule has 1 saturated heterocycles. The molecule has 4 aromatic heterocycles. The zero-order valence-corrected chi connectivity index (χ0v) is 24.9. The number of methoxy groups -OCH3 is 1. The summed E-state index contributed by atoms with van der Waals surface area (Å²) in [4.78, 5) is 37.7. The topological polar surface area (TPSA) is 146 Å². The number of aromatic nitrogens is 6. The Bertz CT molecular complexity index is 1920. The summed E-state index contributed by atoms with van der Waals surface area (Å²) in [7, 11) is 3.40. The third-order valence-electron chi connectivity index (χ3n) is 8.32. The molecule has 2 atom stereocenters. The highest BCUT2D eigenvalue weighted by Gasteiger charge is 2.35. The molecular formula is C31H33FN8O4. The Labute approximate surface area is 252 Å². The van der Waals surface area contributed by atoms with Gasteiger partial charge in [-0.1, -0.05) is 6.07 Å². The molecule has 7 rings (SSSR count). The second-order valence-corrected chi connectivity index (χ2v) is 11.6. The third-order valence-corrected chi connectivity index (χ3v) is 8.32. The fourth-order valence-electron chi connectivity index (χ4n) is 6.04. The van der Waals surface area contributed by atoms with Crippen LogP contribution in [0, 0.1) is 13.8 Å². The number of nitrogens with one attached hydrogen (secondary N) is 1. The van der Waals surface area contributed by atoms with Crippen molar-refractivity contribution >= 4 is 33.8 Å². The number of nitrogen functional groups attached to an aromatic ring is 1. The van der Waals surface area contributed by atoms with Gasteiger partial charge in [0.1, 0.15) is 23.2 Å². The number of benzene rings is 1. The van der Waals surface area contributed by atoms with Crippen LogP contribution in [0.1, 0.15) is 51.6 Å². The van der Waals surface area contributed by atoms with Crippen LogP contribution in [0.3, 0.4) is 0 Å². The fraction of sp³-hybridized carbons (Fsp3) is 0.387. The van der Waals surface area contributed by atoms with E-state index in [0.717, 1.165) is 35.3 Å². The van der Waals surface area contributed by atoms with Crippen LogP contribution in [0.25, 0.3) is 27.9 Å². The Morgan fingerprint density at radius 3 is 2.68 bits per heavy atom. The number of carbonyl (C=O) groups excluding carboxylic acids is 1. The standard InChI is InChI=1S/C31H33FN8O4/c1-15-5-8-21(43-14-42-4)16(2)27(15)40-29(33)23(26-30(40)35-10-9-34-26)28(41)20-11-19-25(36-20)24(17-6-7-17)38-31(37-19)44-22-13-39(3)12-18(22)32/h5,8-11,17-18,22,36H,6-7,12-14,33H2,1-4H3/t18-,22+/m1/s1. The third kappa shape index (κ3) is 4.72. The minimum Gasteiger partial charge on any atom is -0.467 e. The van der Waals surface area contributed by atoms with E-state index >= 15 is 0 Å². The van der Waals surface area contributed by atoms with Crippen LogP contribution < -0.4 is 15.2 Å². The predicted octanol–water partition coefficient (Wildman–Crippen LogP) is 4.01. The quantitative estimate of drug-likeness (QED) is 0.188. The molecular weight excluding hydrogens is 567 g/mol. The molecule has 1 aromatic carbocycles. The Kier molecular flexibility index (Phi) is 6.93. The van der Waals surface area contributed by atoms with Crippen LogP contribution in [-0.2, 0) is 4.74 Å². The highest BCUT2D eigenvalue weighted by molar-refractivity contribution is 6.19. The zero-order valence-electron chi connectivity index (χ0n) is 24.9. The lowest BCUT2D eigenvalue weighted by molar-refractivity contribution is 0.0506. The maximum Gasteiger partial charge on any atom is 0.317 e. The first kappa shape index (κ1) is 28.2. The number of likely N-dealkylation sites (tertiary alicyclic amines) is 1. The molecule has 12 nitrogen and oxygen atoms in total. The fourth-order valence-corrected chi connectivity index (χ4v) is 6.04. The van der Waals surface area contributed by atoms with Gasteiger partial charge in [-0.2, -0.15) is 9.97 Å². The molecule has 2 aliphatic rings. The van der Waals surface area contributed by atoms with Crippen LogP contribution in [0.2, 0.25) is 0 Å². The van der Waals surface area contributed by atoms with Crippen LogP contribution >= 0.6 is 0 Å². The highest BCUT2D eigenvalue weighted by atomic mass is 19.1. The average Bonchev–Trinajstić information content (AvgIpc) is 3.59. The molecule has 0 bridgehead atoms. The number of hydrogen-bond acceptors (Lipinski definition) is 10. The first-order valence-electron chi connectivity index (χ1n) is 14.5. The molecule has 5 heterocycles. The predicted molar refractivity (Wildman–Crippen MR) is 161 cm³/mol. The first-order valence-corrected chi connectivity index (χ1v) is 14.5. The molecule has 5 aromatic rings. The number of carbonyl (C=O) groups is 1. The number of aryl methyl sites for hydroxylation is 1. The van der Waals surface area contributed by atoms with Gasteiger partial charge in [0.05, 0.1) is 33.7 Å². The molecule has 228 valence electrons. The summed E-state index contributed by atoms with van der Waals surface area (Å²) in [6, 6.07) is 5.57. The average molecular weight is 601 g/mol. The normalized spacial score (nSPS) is 18.8. The molecule has 13 heteroatoms. The van der Waals surface area contributed by atoms with E-state index in [1.807, 2.05) is 37.9 Å². The lowest BCUT2D eigenvalue weighted by Gasteiger charge is -2.17. The van der Waals surface area contributed by atoms with E-state index in [1.54, 1.807) is 23.9 Å². The molecule has 44 heavy (non-hydrogen) atoms. The van der Waals surface area contributed by atoms with Gasteiger partial charge in [0.2, 0.25) is 5.78 Å². The van der Waals surface area contributed by atoms with Crippen molar-refractivity contribution in [1.82, 2.24) is 34.4 Å². The molecule has 3 N–H and O–H groups in total. The number of aromatic amines is 1. The van der Waals surface area contributed by atoms with Gasteiger partial charge in [-0.15, -0.1) is 0 Å². The summed E-state index contributed by atoms with van der Waals surface area (Å²) in [6.07, 6.45) is 3.24. The van der Waals surface area contributed by atoms with Crippen molar-refractivity contribution in [3.63, 3.8) is 0 Å². The molecule has 0 unspecified atom stereocenters. The van der Waals surface area contributed by atoms with Crippen molar-refractivity contribution in [2.75, 3.05) is 39.8 Å². The van der Waals surface area contributed by atoms with Gasteiger partial charge in [0.15, 0.2) is 18.6 Å². The number of nitrogens with zero attached hydrogens (tertiary/aromatic N) is 6. The lowest BCUT2D eigenvalue weighted by atomic mass is 10.1. The van der Waals surface area contributed by atoms with E-state index in [4.69, 9.17) is 19.9 Å². The van der Waals surface area contributed by atoms with Gasteiger partial charge < -0.3 is 24.9 Å². The summed E-state index contributed by atoms with van der Waals surface area (Å²) in [5.74, 6) is 0.668. The number of alkyl halides is 1. The minimum absolute atomic E-state index is 0.0831. The molecule has 0 amide bonds. The summed E-state index contributed by atoms with van der Waals surface area (Å²) in [6.45, 7) is 4.70. The van der Waals surface area contributed by atoms with E-state index in [0.29, 0.717) is 41.0 Å². The van der Waals surface area contributed by atoms with E-state index in [2.05, 4.69) is 24.9 Å². The first-order chi connectivity index (χ1) is 21.2. The Morgan fingerprint density at radius 2 is 1.95 bits per heavy atom. The number of halogens is 1. The number of ketones is 1. The van der Waals surface area contributed by atoms with Crippen LogP contribution in [0.15, 0.2) is 30.6 Å². The molecule has 1 saturated carbocycles. The molecule has 0 radical (unpaired) electrons. The van der Waals surface area contributed by atoms with Gasteiger partial charge in [-0.05, 0) is 51.4 Å². The van der Waals surface area contributed by atoms with Crippen molar-refractivity contribution in [3.8, 4) is 17.4 Å². The summed E-state index contributed by atoms with van der Waals surface area (Å²) < 4.78 is 33.1. The van der Waals surface area contributed by atoms with Gasteiger partial charge in [0.25, 0.3) is 0 Å². The summed E-state index contributed by atoms with van der Waals surface area (Å²) >= 11 is 0. The second kappa shape index (κ2) is 10.8. The second-order valence-electron chi connectivity index (χ2n) is 11.6. The van der Waals surface area contributed by atoms with Gasteiger partial charge in [-0.3, -0.25) is 19.2 Å². The number of anilines is 1. The van der Waals surface area contributed by atoms with Crippen molar-refractivity contribution in [3.05, 3.63) is 58.7 Å². The summed E-state index contributed by atoms with van der Waals surface area (Å²) in [5, 5.41) is 0. The molecule has 1 aliphatic heterocycles. The number of ether oxygens (including phenoxy) is 3. The van der Waals surface area contributed by atoms with Crippen molar-refractivity contribution in [1.29, 1.82) is 0 Å². The number of hydrogen-bond donors (Lipinski definition) is 2. The number of H-pyrrole nitrogens is 1. The van der Waals surface area contributed by atoms with E-state index in [-0.39, 0.29) is 41.6 Å². The van der Waals surface area contributed by atoms with Crippen LogP contribution in [0.4, 0.5) is 10.2 Å². The van der Waals surface area contributed by atoms with E-state index < -0.39 is 12.3 Å². The van der Waals surface area contributed by atoms with Gasteiger partial charge in [-0.25, -0.2) is 9.37 Å². The summed E-state index contributed by atoms with van der Waals surface area (Å²) in [5.41, 5.74) is 12.5. The van der Waals surface area contributed by atoms with Crippen molar-refractivity contribution in [2.24, 2.45) is 0 Å². The number of likely N-dealkylation sites (N-methyl/N-ethyl adjacent to an activating group) is 1. The van der Waals surface area contributed by atoms with Crippen LogP contribution in [-0.4, -0.2) is 86.5 Å². The molecule has 1 aliphatic carbocycles. The SMILES string of the molecule is COCOc1ccc(C)c(-n2c(N)c(C(=O)c3cc4nc(O[C@H]5CN(C)C[C@H]5F)nc(C5CC5)c4[nH]3)c3nccnc32)c1C. The van der Waals surface area contributed by atoms with E-state index in [9.17, 15) is 9.18 Å². The van der Waals surface area contributed by atoms with Gasteiger partial charge >= 0.3 is 6.01 Å². The number of fused-ring (bicyclic) bond motifs is 2. The van der Waals surface area contributed by atoms with Crippen LogP contribution in [0.5, 0.6) is 11.8 Å². The minimum atomic E-state index is -1.13. The monoisotopic (exact) mass is 600 g/mol. The maximum absolute atomic E-state index is 14.5. The number of nitrogens with two attached hydrogens (primary N) is 1. The Morgan fingerprint density at radius 1 is 1.16 bits per heavy atom.